The predicted octanol–water partition coefficient (Wildman–Crippen LogP) is 2.88. The number of rotatable bonds is 3. The van der Waals surface area contributed by atoms with Gasteiger partial charge in [-0.15, -0.1) is 11.3 Å². The summed E-state index contributed by atoms with van der Waals surface area (Å²) < 4.78 is 0. The van der Waals surface area contributed by atoms with Gasteiger partial charge in [0.15, 0.2) is 0 Å². The number of aliphatic hydroxyl groups is 1. The molecule has 1 aliphatic rings. The summed E-state index contributed by atoms with van der Waals surface area (Å²) in [6.07, 6.45) is 4.46. The van der Waals surface area contributed by atoms with E-state index in [0.29, 0.717) is 5.92 Å². The molecule has 0 spiro atoms. The first-order chi connectivity index (χ1) is 9.15. The van der Waals surface area contributed by atoms with E-state index in [0.717, 1.165) is 41.8 Å². The molecule has 5 heteroatoms. The van der Waals surface area contributed by atoms with Crippen LogP contribution in [0.5, 0.6) is 0 Å². The largest absolute Gasteiger partial charge is 0.393 e. The molecular formula is C14H19N3OS. The van der Waals surface area contributed by atoms with Crippen LogP contribution in [0.1, 0.15) is 29.7 Å². The highest BCUT2D eigenvalue weighted by Gasteiger charge is 2.23. The molecule has 1 fully saturated rings. The zero-order valence-corrected chi connectivity index (χ0v) is 12.1. The van der Waals surface area contributed by atoms with Gasteiger partial charge in [-0.05, 0) is 44.6 Å². The lowest BCUT2D eigenvalue weighted by Gasteiger charge is -2.12. The number of fused-ring (bicyclic) bond motifs is 1. The lowest BCUT2D eigenvalue weighted by Crippen LogP contribution is -2.13. The Kier molecular flexibility index (Phi) is 3.41. The van der Waals surface area contributed by atoms with E-state index in [1.807, 2.05) is 0 Å². The molecule has 3 rings (SSSR count). The molecule has 0 saturated heterocycles. The van der Waals surface area contributed by atoms with E-state index in [2.05, 4.69) is 29.1 Å². The molecule has 0 bridgehead atoms. The van der Waals surface area contributed by atoms with E-state index in [1.54, 1.807) is 17.7 Å². The Hall–Kier alpha value is -1.20. The molecule has 0 aromatic carbocycles. The van der Waals surface area contributed by atoms with Gasteiger partial charge in [0.2, 0.25) is 0 Å². The summed E-state index contributed by atoms with van der Waals surface area (Å²) in [4.78, 5) is 11.1. The molecule has 0 radical (unpaired) electrons. The lowest BCUT2D eigenvalue weighted by molar-refractivity contribution is 0.178. The molecule has 1 aliphatic carbocycles. The van der Waals surface area contributed by atoms with E-state index in [9.17, 15) is 5.11 Å². The molecule has 2 atom stereocenters. The lowest BCUT2D eigenvalue weighted by atomic mass is 10.1. The van der Waals surface area contributed by atoms with Crippen molar-refractivity contribution < 1.29 is 5.11 Å². The molecule has 1 saturated carbocycles. The number of hydrogen-bond acceptors (Lipinski definition) is 5. The maximum Gasteiger partial charge on any atom is 0.138 e. The van der Waals surface area contributed by atoms with E-state index in [4.69, 9.17) is 0 Å². The smallest absolute Gasteiger partial charge is 0.138 e. The molecule has 2 unspecified atom stereocenters. The van der Waals surface area contributed by atoms with Crippen LogP contribution >= 0.6 is 11.3 Å². The van der Waals surface area contributed by atoms with Crippen LogP contribution < -0.4 is 5.32 Å². The van der Waals surface area contributed by atoms with Gasteiger partial charge in [0.25, 0.3) is 0 Å². The van der Waals surface area contributed by atoms with Gasteiger partial charge in [-0.1, -0.05) is 0 Å². The molecule has 2 aromatic rings. The van der Waals surface area contributed by atoms with Gasteiger partial charge in [-0.3, -0.25) is 0 Å². The van der Waals surface area contributed by atoms with Crippen LogP contribution in [0.4, 0.5) is 5.82 Å². The highest BCUT2D eigenvalue weighted by molar-refractivity contribution is 7.18. The summed E-state index contributed by atoms with van der Waals surface area (Å²) in [6, 6.07) is 0. The minimum Gasteiger partial charge on any atom is -0.393 e. The maximum atomic E-state index is 9.56. The fraction of sp³-hybridized carbons (Fsp3) is 0.571. The van der Waals surface area contributed by atoms with Gasteiger partial charge >= 0.3 is 0 Å². The number of aromatic nitrogens is 2. The fourth-order valence-corrected chi connectivity index (χ4v) is 3.79. The van der Waals surface area contributed by atoms with Crippen molar-refractivity contribution in [3.05, 3.63) is 16.8 Å². The third kappa shape index (κ3) is 2.44. The Morgan fingerprint density at radius 2 is 2.21 bits per heavy atom. The van der Waals surface area contributed by atoms with Crippen LogP contribution in [0.2, 0.25) is 0 Å². The SMILES string of the molecule is Cc1sc2ncnc(NCC3CCC(O)C3)c2c1C. The van der Waals surface area contributed by atoms with E-state index in [-0.39, 0.29) is 6.10 Å². The third-order valence-corrected chi connectivity index (χ3v) is 5.15. The Bertz CT molecular complexity index is 596. The maximum absolute atomic E-state index is 9.56. The van der Waals surface area contributed by atoms with Gasteiger partial charge in [-0.2, -0.15) is 0 Å². The van der Waals surface area contributed by atoms with Crippen LogP contribution in [-0.4, -0.2) is 27.7 Å². The highest BCUT2D eigenvalue weighted by atomic mass is 32.1. The Morgan fingerprint density at radius 1 is 1.37 bits per heavy atom. The van der Waals surface area contributed by atoms with Crippen molar-refractivity contribution in [3.63, 3.8) is 0 Å². The van der Waals surface area contributed by atoms with Crippen LogP contribution in [0.15, 0.2) is 6.33 Å². The second kappa shape index (κ2) is 5.06. The normalized spacial score (nSPS) is 23.1. The fourth-order valence-electron chi connectivity index (χ4n) is 2.79. The number of nitrogens with zero attached hydrogens (tertiary/aromatic N) is 2. The zero-order valence-electron chi connectivity index (χ0n) is 11.3. The first-order valence-electron chi connectivity index (χ1n) is 6.77. The summed E-state index contributed by atoms with van der Waals surface area (Å²) in [5.41, 5.74) is 1.27. The Morgan fingerprint density at radius 3 is 2.95 bits per heavy atom. The van der Waals surface area contributed by atoms with Crippen molar-refractivity contribution >= 4 is 27.4 Å². The number of aliphatic hydroxyl groups excluding tert-OH is 1. The summed E-state index contributed by atoms with van der Waals surface area (Å²) in [6.45, 7) is 5.14. The van der Waals surface area contributed by atoms with Crippen molar-refractivity contribution in [1.29, 1.82) is 0 Å². The van der Waals surface area contributed by atoms with Gasteiger partial charge < -0.3 is 10.4 Å². The van der Waals surface area contributed by atoms with Crippen LogP contribution in [0.3, 0.4) is 0 Å². The molecule has 4 nitrogen and oxygen atoms in total. The molecular weight excluding hydrogens is 258 g/mol. The van der Waals surface area contributed by atoms with Crippen molar-refractivity contribution in [2.75, 3.05) is 11.9 Å². The predicted molar refractivity (Wildman–Crippen MR) is 78.7 cm³/mol. The first-order valence-corrected chi connectivity index (χ1v) is 7.59. The number of hydrogen-bond donors (Lipinski definition) is 2. The standard InChI is InChI=1S/C14H19N3OS/c1-8-9(2)19-14-12(8)13(16-7-17-14)15-6-10-3-4-11(18)5-10/h7,10-11,18H,3-6H2,1-2H3,(H,15,16,17). The zero-order chi connectivity index (χ0) is 13.4. The molecule has 102 valence electrons. The third-order valence-electron chi connectivity index (χ3n) is 4.04. The minimum atomic E-state index is -0.109. The Balaban J connectivity index is 1.81. The number of anilines is 1. The highest BCUT2D eigenvalue weighted by Crippen LogP contribution is 2.33. The summed E-state index contributed by atoms with van der Waals surface area (Å²) in [7, 11) is 0. The molecule has 2 heterocycles. The summed E-state index contributed by atoms with van der Waals surface area (Å²) in [5.74, 6) is 1.49. The molecule has 2 N–H and O–H groups in total. The molecule has 2 aromatic heterocycles. The minimum absolute atomic E-state index is 0.109. The first kappa shape index (κ1) is 12.8. The second-order valence-electron chi connectivity index (χ2n) is 5.40. The average molecular weight is 277 g/mol. The van der Waals surface area contributed by atoms with Crippen molar-refractivity contribution in [1.82, 2.24) is 9.97 Å². The van der Waals surface area contributed by atoms with Crippen molar-refractivity contribution in [3.8, 4) is 0 Å². The number of aryl methyl sites for hydroxylation is 2. The van der Waals surface area contributed by atoms with Gasteiger partial charge in [-0.25, -0.2) is 9.97 Å². The quantitative estimate of drug-likeness (QED) is 0.905. The monoisotopic (exact) mass is 277 g/mol. The summed E-state index contributed by atoms with van der Waals surface area (Å²) in [5, 5.41) is 14.2. The average Bonchev–Trinajstić information content (AvgIpc) is 2.93. The topological polar surface area (TPSA) is 58.0 Å². The molecule has 0 aliphatic heterocycles. The van der Waals surface area contributed by atoms with Gasteiger partial charge in [0.05, 0.1) is 11.5 Å². The van der Waals surface area contributed by atoms with Gasteiger partial charge in [0.1, 0.15) is 17.0 Å². The summed E-state index contributed by atoms with van der Waals surface area (Å²) >= 11 is 1.72. The number of thiophene rings is 1. The number of nitrogens with one attached hydrogen (secondary N) is 1. The van der Waals surface area contributed by atoms with Crippen molar-refractivity contribution in [2.24, 2.45) is 5.92 Å². The van der Waals surface area contributed by atoms with Crippen LogP contribution in [0, 0.1) is 19.8 Å². The molecule has 19 heavy (non-hydrogen) atoms. The Labute approximate surface area is 116 Å². The van der Waals surface area contributed by atoms with Crippen LogP contribution in [0.25, 0.3) is 10.2 Å². The molecule has 0 amide bonds. The van der Waals surface area contributed by atoms with E-state index < -0.39 is 0 Å². The van der Waals surface area contributed by atoms with E-state index in [1.165, 1.54) is 10.4 Å². The second-order valence-corrected chi connectivity index (χ2v) is 6.60. The van der Waals surface area contributed by atoms with E-state index >= 15 is 0 Å². The van der Waals surface area contributed by atoms with Gasteiger partial charge in [0, 0.05) is 11.4 Å². The van der Waals surface area contributed by atoms with Crippen molar-refractivity contribution in [2.45, 2.75) is 39.2 Å². The van der Waals surface area contributed by atoms with Crippen LogP contribution in [-0.2, 0) is 0 Å².